The average molecular weight is 309 g/mol. The third-order valence-electron chi connectivity index (χ3n) is 2.84. The lowest BCUT2D eigenvalue weighted by Gasteiger charge is -2.10. The maximum atomic E-state index is 9.76. The summed E-state index contributed by atoms with van der Waals surface area (Å²) in [6.07, 6.45) is 1.66. The van der Waals surface area contributed by atoms with E-state index in [9.17, 15) is 5.11 Å². The van der Waals surface area contributed by atoms with Gasteiger partial charge in [0.05, 0.1) is 18.5 Å². The lowest BCUT2D eigenvalue weighted by atomic mass is 10.2. The molecule has 0 aliphatic rings. The van der Waals surface area contributed by atoms with Crippen molar-refractivity contribution in [1.29, 1.82) is 0 Å². The Labute approximate surface area is 128 Å². The highest BCUT2D eigenvalue weighted by atomic mass is 35.5. The van der Waals surface area contributed by atoms with Gasteiger partial charge in [-0.05, 0) is 18.2 Å². The molecule has 0 atom stereocenters. The van der Waals surface area contributed by atoms with Gasteiger partial charge >= 0.3 is 0 Å². The lowest BCUT2D eigenvalue weighted by Crippen LogP contribution is -2.06. The number of nitrogens with one attached hydrogen (secondary N) is 1. The first-order valence-electron chi connectivity index (χ1n) is 6.48. The summed E-state index contributed by atoms with van der Waals surface area (Å²) in [5.41, 5.74) is 1.47. The zero-order valence-electron chi connectivity index (χ0n) is 11.7. The Morgan fingerprint density at radius 1 is 1.24 bits per heavy atom. The summed E-state index contributed by atoms with van der Waals surface area (Å²) in [5.74, 6) is 0.709. The van der Waals surface area contributed by atoms with Crippen LogP contribution in [0.25, 0.3) is 0 Å². The van der Waals surface area contributed by atoms with Crippen molar-refractivity contribution in [3.8, 4) is 11.6 Å². The topological polar surface area (TPSA) is 63.6 Å². The van der Waals surface area contributed by atoms with Crippen LogP contribution in [0.1, 0.15) is 5.56 Å². The van der Waals surface area contributed by atoms with Crippen LogP contribution < -0.4 is 10.1 Å². The number of methoxy groups -OCH3 is 1. The van der Waals surface area contributed by atoms with Gasteiger partial charge in [-0.1, -0.05) is 17.7 Å². The number of phenols is 1. The molecule has 5 nitrogen and oxygen atoms in total. The number of pyridine rings is 1. The number of phenolic OH excluding ortho intramolecular Hbond substituents is 1. The molecule has 0 saturated carbocycles. The van der Waals surface area contributed by atoms with Crippen molar-refractivity contribution in [2.45, 2.75) is 6.54 Å². The van der Waals surface area contributed by atoms with Crippen molar-refractivity contribution in [1.82, 2.24) is 4.98 Å². The number of anilines is 1. The minimum absolute atomic E-state index is 0.169. The summed E-state index contributed by atoms with van der Waals surface area (Å²) >= 11 is 6.04. The van der Waals surface area contributed by atoms with Crippen LogP contribution in [0.15, 0.2) is 36.5 Å². The van der Waals surface area contributed by atoms with Crippen molar-refractivity contribution in [2.75, 3.05) is 25.6 Å². The van der Waals surface area contributed by atoms with E-state index in [2.05, 4.69) is 10.3 Å². The summed E-state index contributed by atoms with van der Waals surface area (Å²) in [6.45, 7) is 1.40. The maximum Gasteiger partial charge on any atom is 0.213 e. The van der Waals surface area contributed by atoms with Crippen molar-refractivity contribution in [3.05, 3.63) is 47.1 Å². The Kier molecular flexibility index (Phi) is 5.66. The minimum Gasteiger partial charge on any atom is -0.508 e. The van der Waals surface area contributed by atoms with Crippen LogP contribution >= 0.6 is 11.6 Å². The fourth-order valence-electron chi connectivity index (χ4n) is 1.71. The van der Waals surface area contributed by atoms with Crippen LogP contribution in [0.4, 0.5) is 5.69 Å². The van der Waals surface area contributed by atoms with Crippen molar-refractivity contribution in [3.63, 3.8) is 0 Å². The predicted octanol–water partition coefficient (Wildman–Crippen LogP) is 3.08. The number of nitrogens with zero attached hydrogens (tertiary/aromatic N) is 1. The van der Waals surface area contributed by atoms with Crippen LogP contribution in [0.2, 0.25) is 5.02 Å². The molecule has 21 heavy (non-hydrogen) atoms. The smallest absolute Gasteiger partial charge is 0.213 e. The molecule has 1 aromatic carbocycles. The maximum absolute atomic E-state index is 9.76. The van der Waals surface area contributed by atoms with E-state index in [1.165, 1.54) is 0 Å². The van der Waals surface area contributed by atoms with Gasteiger partial charge in [-0.15, -0.1) is 0 Å². The number of aromatic nitrogens is 1. The Morgan fingerprint density at radius 3 is 2.76 bits per heavy atom. The molecule has 1 aromatic heterocycles. The van der Waals surface area contributed by atoms with Gasteiger partial charge in [0, 0.05) is 30.3 Å². The average Bonchev–Trinajstić information content (AvgIpc) is 2.48. The number of benzene rings is 1. The minimum atomic E-state index is 0.169. The summed E-state index contributed by atoms with van der Waals surface area (Å²) in [6, 6.07) is 8.67. The van der Waals surface area contributed by atoms with Gasteiger partial charge in [-0.2, -0.15) is 0 Å². The normalized spacial score (nSPS) is 10.4. The SMILES string of the molecule is COCCOc1ccc(NCc2c(O)cccc2Cl)cn1. The van der Waals surface area contributed by atoms with Crippen LogP contribution in [-0.2, 0) is 11.3 Å². The molecule has 0 saturated heterocycles. The monoisotopic (exact) mass is 308 g/mol. The largest absolute Gasteiger partial charge is 0.508 e. The number of rotatable bonds is 7. The van der Waals surface area contributed by atoms with E-state index in [4.69, 9.17) is 21.1 Å². The van der Waals surface area contributed by atoms with E-state index in [1.807, 2.05) is 6.07 Å². The number of hydrogen-bond donors (Lipinski definition) is 2. The number of hydrogen-bond acceptors (Lipinski definition) is 5. The van der Waals surface area contributed by atoms with E-state index >= 15 is 0 Å². The third-order valence-corrected chi connectivity index (χ3v) is 3.19. The van der Waals surface area contributed by atoms with Gasteiger partial charge in [0.1, 0.15) is 12.4 Å². The summed E-state index contributed by atoms with van der Waals surface area (Å²) in [5, 5.41) is 13.4. The van der Waals surface area contributed by atoms with Gasteiger partial charge < -0.3 is 19.9 Å². The summed E-state index contributed by atoms with van der Waals surface area (Å²) in [4.78, 5) is 4.17. The van der Waals surface area contributed by atoms with Gasteiger partial charge in [0.2, 0.25) is 5.88 Å². The van der Waals surface area contributed by atoms with Crippen molar-refractivity contribution < 1.29 is 14.6 Å². The molecule has 0 fully saturated rings. The highest BCUT2D eigenvalue weighted by Crippen LogP contribution is 2.26. The number of halogens is 1. The standard InChI is InChI=1S/C15H17ClN2O3/c1-20-7-8-21-15-6-5-11(9-18-15)17-10-12-13(16)3-2-4-14(12)19/h2-6,9,17,19H,7-8,10H2,1H3. The van der Waals surface area contributed by atoms with E-state index < -0.39 is 0 Å². The Balaban J connectivity index is 1.92. The molecule has 0 spiro atoms. The highest BCUT2D eigenvalue weighted by Gasteiger charge is 2.06. The molecule has 0 radical (unpaired) electrons. The molecule has 0 unspecified atom stereocenters. The van der Waals surface area contributed by atoms with E-state index in [0.717, 1.165) is 5.69 Å². The van der Waals surface area contributed by atoms with E-state index in [-0.39, 0.29) is 5.75 Å². The summed E-state index contributed by atoms with van der Waals surface area (Å²) < 4.78 is 10.3. The van der Waals surface area contributed by atoms with E-state index in [1.54, 1.807) is 37.6 Å². The second-order valence-corrected chi connectivity index (χ2v) is 4.72. The highest BCUT2D eigenvalue weighted by molar-refractivity contribution is 6.31. The van der Waals surface area contributed by atoms with Crippen LogP contribution in [0.3, 0.4) is 0 Å². The molecule has 0 aliphatic carbocycles. The number of aromatic hydroxyl groups is 1. The number of ether oxygens (including phenoxy) is 2. The van der Waals surface area contributed by atoms with Crippen LogP contribution in [0.5, 0.6) is 11.6 Å². The molecule has 0 amide bonds. The molecular formula is C15H17ClN2O3. The van der Waals surface area contributed by atoms with Crippen molar-refractivity contribution in [2.24, 2.45) is 0 Å². The molecule has 0 bridgehead atoms. The molecule has 2 rings (SSSR count). The van der Waals surface area contributed by atoms with Crippen molar-refractivity contribution >= 4 is 17.3 Å². The molecule has 1 heterocycles. The Bertz CT molecular complexity index is 555. The Hall–Kier alpha value is -1.98. The van der Waals surface area contributed by atoms with Gasteiger partial charge in [-0.25, -0.2) is 4.98 Å². The first-order chi connectivity index (χ1) is 10.2. The fraction of sp³-hybridized carbons (Fsp3) is 0.267. The summed E-state index contributed by atoms with van der Waals surface area (Å²) in [7, 11) is 1.62. The second-order valence-electron chi connectivity index (χ2n) is 4.32. The van der Waals surface area contributed by atoms with Gasteiger partial charge in [0.25, 0.3) is 0 Å². The first-order valence-corrected chi connectivity index (χ1v) is 6.86. The zero-order valence-corrected chi connectivity index (χ0v) is 12.4. The fourth-order valence-corrected chi connectivity index (χ4v) is 1.95. The van der Waals surface area contributed by atoms with Gasteiger partial charge in [-0.3, -0.25) is 0 Å². The molecule has 2 N–H and O–H groups in total. The molecule has 112 valence electrons. The van der Waals surface area contributed by atoms with Crippen LogP contribution in [-0.4, -0.2) is 30.4 Å². The zero-order chi connectivity index (χ0) is 15.1. The molecular weight excluding hydrogens is 292 g/mol. The molecule has 0 aliphatic heterocycles. The third kappa shape index (κ3) is 4.51. The molecule has 6 heteroatoms. The Morgan fingerprint density at radius 2 is 2.10 bits per heavy atom. The van der Waals surface area contributed by atoms with Gasteiger partial charge in [0.15, 0.2) is 0 Å². The predicted molar refractivity (Wildman–Crippen MR) is 82.1 cm³/mol. The lowest BCUT2D eigenvalue weighted by molar-refractivity contribution is 0.144. The quantitative estimate of drug-likeness (QED) is 0.770. The second kappa shape index (κ2) is 7.71. The first kappa shape index (κ1) is 15.4. The molecule has 2 aromatic rings. The van der Waals surface area contributed by atoms with Crippen LogP contribution in [0, 0.1) is 0 Å². The van der Waals surface area contributed by atoms with E-state index in [0.29, 0.717) is 36.2 Å².